The standard InChI is InChI=1S/C13H21N5O.HI/c1-4-5-15-13(14-2)18-6-7-19-12(10-18)11-8-16-17(3)9-11;/h4,8-9,12H,1,5-7,10H2,2-3H3,(H,14,15);1H. The minimum absolute atomic E-state index is 0. The molecular formula is C13H22IN5O. The van der Waals surface area contributed by atoms with E-state index in [1.165, 1.54) is 0 Å². The molecule has 2 heterocycles. The summed E-state index contributed by atoms with van der Waals surface area (Å²) in [7, 11) is 3.70. The molecule has 6 nitrogen and oxygen atoms in total. The molecule has 1 fully saturated rings. The highest BCUT2D eigenvalue weighted by atomic mass is 127. The van der Waals surface area contributed by atoms with Crippen LogP contribution in [0, 0.1) is 0 Å². The zero-order valence-electron chi connectivity index (χ0n) is 12.0. The van der Waals surface area contributed by atoms with Gasteiger partial charge in [0.2, 0.25) is 0 Å². The van der Waals surface area contributed by atoms with Crippen LogP contribution in [0.3, 0.4) is 0 Å². The van der Waals surface area contributed by atoms with Crippen molar-refractivity contribution in [1.29, 1.82) is 0 Å². The summed E-state index contributed by atoms with van der Waals surface area (Å²) in [5.41, 5.74) is 1.10. The van der Waals surface area contributed by atoms with Gasteiger partial charge >= 0.3 is 0 Å². The topological polar surface area (TPSA) is 54.7 Å². The first-order valence-electron chi connectivity index (χ1n) is 6.41. The van der Waals surface area contributed by atoms with E-state index in [9.17, 15) is 0 Å². The third-order valence-electron chi connectivity index (χ3n) is 3.08. The van der Waals surface area contributed by atoms with E-state index in [-0.39, 0.29) is 30.1 Å². The predicted octanol–water partition coefficient (Wildman–Crippen LogP) is 1.17. The SMILES string of the molecule is C=CCNC(=NC)N1CCOC(c2cnn(C)c2)C1.I. The number of aliphatic imine (C=N–C) groups is 1. The Bertz CT molecular complexity index is 459. The van der Waals surface area contributed by atoms with Gasteiger partial charge in [0.25, 0.3) is 0 Å². The Kier molecular flexibility index (Phi) is 7.00. The maximum Gasteiger partial charge on any atom is 0.194 e. The smallest absolute Gasteiger partial charge is 0.194 e. The van der Waals surface area contributed by atoms with Crippen molar-refractivity contribution in [3.63, 3.8) is 0 Å². The number of aryl methyl sites for hydroxylation is 1. The van der Waals surface area contributed by atoms with E-state index in [4.69, 9.17) is 4.74 Å². The van der Waals surface area contributed by atoms with Crippen molar-refractivity contribution >= 4 is 29.9 Å². The summed E-state index contributed by atoms with van der Waals surface area (Å²) in [5.74, 6) is 0.886. The molecule has 0 radical (unpaired) electrons. The van der Waals surface area contributed by atoms with Crippen LogP contribution in [0.1, 0.15) is 11.7 Å². The summed E-state index contributed by atoms with van der Waals surface area (Å²) < 4.78 is 7.60. The number of ether oxygens (including phenoxy) is 1. The number of morpholine rings is 1. The number of hydrogen-bond acceptors (Lipinski definition) is 3. The lowest BCUT2D eigenvalue weighted by Crippen LogP contribution is -2.48. The molecule has 0 aliphatic carbocycles. The molecule has 7 heteroatoms. The fraction of sp³-hybridized carbons (Fsp3) is 0.538. The van der Waals surface area contributed by atoms with Crippen LogP contribution in [0.15, 0.2) is 30.0 Å². The van der Waals surface area contributed by atoms with Crippen LogP contribution in [0.2, 0.25) is 0 Å². The number of halogens is 1. The van der Waals surface area contributed by atoms with Gasteiger partial charge in [0.1, 0.15) is 6.10 Å². The second-order valence-corrected chi connectivity index (χ2v) is 4.47. The van der Waals surface area contributed by atoms with E-state index in [0.717, 1.165) is 24.6 Å². The molecule has 0 aromatic carbocycles. The molecule has 1 aromatic rings. The average molecular weight is 391 g/mol. The number of nitrogens with zero attached hydrogens (tertiary/aromatic N) is 4. The van der Waals surface area contributed by atoms with E-state index in [1.807, 2.05) is 25.5 Å². The molecule has 1 unspecified atom stereocenters. The van der Waals surface area contributed by atoms with Crippen LogP contribution in [-0.4, -0.2) is 53.9 Å². The molecule has 1 aliphatic heterocycles. The van der Waals surface area contributed by atoms with Gasteiger partial charge < -0.3 is 15.0 Å². The molecule has 112 valence electrons. The second-order valence-electron chi connectivity index (χ2n) is 4.47. The van der Waals surface area contributed by atoms with Crippen molar-refractivity contribution in [2.24, 2.45) is 12.0 Å². The number of nitrogens with one attached hydrogen (secondary N) is 1. The van der Waals surface area contributed by atoms with Gasteiger partial charge in [-0.25, -0.2) is 0 Å². The highest BCUT2D eigenvalue weighted by molar-refractivity contribution is 14.0. The maximum absolute atomic E-state index is 5.81. The van der Waals surface area contributed by atoms with Crippen LogP contribution in [-0.2, 0) is 11.8 Å². The normalized spacial score (nSPS) is 19.4. The summed E-state index contributed by atoms with van der Waals surface area (Å²) in [5, 5.41) is 7.44. The lowest BCUT2D eigenvalue weighted by molar-refractivity contribution is -0.00795. The van der Waals surface area contributed by atoms with Crippen LogP contribution in [0.4, 0.5) is 0 Å². The second kappa shape index (κ2) is 8.25. The van der Waals surface area contributed by atoms with Gasteiger partial charge in [-0.3, -0.25) is 9.67 Å². The Balaban J connectivity index is 0.00000200. The van der Waals surface area contributed by atoms with E-state index in [2.05, 4.69) is 26.9 Å². The van der Waals surface area contributed by atoms with Crippen molar-refractivity contribution in [2.45, 2.75) is 6.10 Å². The minimum atomic E-state index is 0. The molecule has 1 atom stereocenters. The van der Waals surface area contributed by atoms with E-state index in [1.54, 1.807) is 11.7 Å². The van der Waals surface area contributed by atoms with E-state index >= 15 is 0 Å². The molecule has 20 heavy (non-hydrogen) atoms. The van der Waals surface area contributed by atoms with Gasteiger partial charge in [0, 0.05) is 38.9 Å². The number of rotatable bonds is 3. The van der Waals surface area contributed by atoms with Crippen LogP contribution in [0.5, 0.6) is 0 Å². The summed E-state index contributed by atoms with van der Waals surface area (Å²) in [6.07, 6.45) is 5.72. The van der Waals surface area contributed by atoms with Crippen molar-refractivity contribution in [3.8, 4) is 0 Å². The molecule has 1 saturated heterocycles. The Labute approximate surface area is 136 Å². The molecular weight excluding hydrogens is 369 g/mol. The van der Waals surface area contributed by atoms with Crippen LogP contribution in [0.25, 0.3) is 0 Å². The third kappa shape index (κ3) is 4.20. The van der Waals surface area contributed by atoms with Crippen LogP contribution < -0.4 is 5.32 Å². The minimum Gasteiger partial charge on any atom is -0.370 e. The van der Waals surface area contributed by atoms with Crippen molar-refractivity contribution in [2.75, 3.05) is 33.3 Å². The fourth-order valence-electron chi connectivity index (χ4n) is 2.15. The number of aromatic nitrogens is 2. The van der Waals surface area contributed by atoms with Crippen molar-refractivity contribution in [3.05, 3.63) is 30.6 Å². The molecule has 0 bridgehead atoms. The molecule has 1 aromatic heterocycles. The van der Waals surface area contributed by atoms with Gasteiger partial charge in [-0.15, -0.1) is 30.6 Å². The van der Waals surface area contributed by atoms with E-state index in [0.29, 0.717) is 13.2 Å². The molecule has 0 spiro atoms. The molecule has 2 rings (SSSR count). The van der Waals surface area contributed by atoms with Gasteiger partial charge in [-0.05, 0) is 0 Å². The summed E-state index contributed by atoms with van der Waals surface area (Å²) in [4.78, 5) is 6.49. The van der Waals surface area contributed by atoms with Gasteiger partial charge in [-0.1, -0.05) is 6.08 Å². The monoisotopic (exact) mass is 391 g/mol. The lowest BCUT2D eigenvalue weighted by atomic mass is 10.1. The fourth-order valence-corrected chi connectivity index (χ4v) is 2.15. The lowest BCUT2D eigenvalue weighted by Gasteiger charge is -2.34. The first-order chi connectivity index (χ1) is 9.24. The Morgan fingerprint density at radius 2 is 2.50 bits per heavy atom. The first kappa shape index (κ1) is 17.0. The molecule has 0 amide bonds. The van der Waals surface area contributed by atoms with Crippen molar-refractivity contribution < 1.29 is 4.74 Å². The van der Waals surface area contributed by atoms with Gasteiger partial charge in [0.15, 0.2) is 5.96 Å². The summed E-state index contributed by atoms with van der Waals surface area (Å²) >= 11 is 0. The molecule has 1 aliphatic rings. The maximum atomic E-state index is 5.81. The summed E-state index contributed by atoms with van der Waals surface area (Å²) in [6, 6.07) is 0. The highest BCUT2D eigenvalue weighted by Gasteiger charge is 2.24. The largest absolute Gasteiger partial charge is 0.370 e. The number of guanidine groups is 1. The Morgan fingerprint density at radius 1 is 1.70 bits per heavy atom. The number of hydrogen-bond donors (Lipinski definition) is 1. The quantitative estimate of drug-likeness (QED) is 0.364. The molecule has 0 saturated carbocycles. The van der Waals surface area contributed by atoms with Crippen molar-refractivity contribution in [1.82, 2.24) is 20.0 Å². The zero-order chi connectivity index (χ0) is 13.7. The average Bonchev–Trinajstić information content (AvgIpc) is 2.87. The Morgan fingerprint density at radius 3 is 3.10 bits per heavy atom. The summed E-state index contributed by atoms with van der Waals surface area (Å²) in [6.45, 7) is 6.73. The first-order valence-corrected chi connectivity index (χ1v) is 6.41. The zero-order valence-corrected chi connectivity index (χ0v) is 14.3. The third-order valence-corrected chi connectivity index (χ3v) is 3.08. The Hall–Kier alpha value is -1.09. The van der Waals surface area contributed by atoms with Crippen LogP contribution >= 0.6 is 24.0 Å². The predicted molar refractivity (Wildman–Crippen MR) is 90.4 cm³/mol. The van der Waals surface area contributed by atoms with E-state index < -0.39 is 0 Å². The van der Waals surface area contributed by atoms with Gasteiger partial charge in [0.05, 0.1) is 19.3 Å². The highest BCUT2D eigenvalue weighted by Crippen LogP contribution is 2.21. The molecule has 1 N–H and O–H groups in total. The van der Waals surface area contributed by atoms with Gasteiger partial charge in [-0.2, -0.15) is 5.10 Å².